The molecule has 0 heterocycles. The summed E-state index contributed by atoms with van der Waals surface area (Å²) in [5.41, 5.74) is 0.910. The monoisotopic (exact) mass is 279 g/mol. The highest BCUT2D eigenvalue weighted by molar-refractivity contribution is 5.35. The van der Waals surface area contributed by atoms with Crippen LogP contribution in [0.3, 0.4) is 0 Å². The molecule has 2 nitrogen and oxygen atoms in total. The molecular formula is C17H26FNO. The lowest BCUT2D eigenvalue weighted by atomic mass is 10.1. The largest absolute Gasteiger partial charge is 0.490 e. The van der Waals surface area contributed by atoms with Crippen molar-refractivity contribution in [2.24, 2.45) is 5.92 Å². The molecule has 1 fully saturated rings. The average molecular weight is 279 g/mol. The molecule has 1 saturated carbocycles. The molecule has 0 radical (unpaired) electrons. The van der Waals surface area contributed by atoms with Gasteiger partial charge in [0, 0.05) is 17.6 Å². The van der Waals surface area contributed by atoms with Gasteiger partial charge in [-0.2, -0.15) is 0 Å². The van der Waals surface area contributed by atoms with Crippen molar-refractivity contribution in [2.45, 2.75) is 58.5 Å². The molecule has 20 heavy (non-hydrogen) atoms. The summed E-state index contributed by atoms with van der Waals surface area (Å²) in [6, 6.07) is 5.16. The number of ether oxygens (including phenoxy) is 1. The van der Waals surface area contributed by atoms with Crippen LogP contribution in [0.4, 0.5) is 4.39 Å². The maximum absolute atomic E-state index is 14.0. The molecule has 0 atom stereocenters. The van der Waals surface area contributed by atoms with Crippen LogP contribution in [0.15, 0.2) is 18.2 Å². The van der Waals surface area contributed by atoms with E-state index in [2.05, 4.69) is 26.1 Å². The molecule has 0 spiro atoms. The van der Waals surface area contributed by atoms with Crippen molar-refractivity contribution in [2.75, 3.05) is 6.61 Å². The van der Waals surface area contributed by atoms with Gasteiger partial charge in [0.15, 0.2) is 11.6 Å². The maximum Gasteiger partial charge on any atom is 0.165 e. The third-order valence-corrected chi connectivity index (χ3v) is 3.80. The molecule has 3 heteroatoms. The summed E-state index contributed by atoms with van der Waals surface area (Å²) >= 11 is 0. The fourth-order valence-electron chi connectivity index (χ4n) is 2.59. The van der Waals surface area contributed by atoms with Crippen LogP contribution < -0.4 is 10.1 Å². The quantitative estimate of drug-likeness (QED) is 0.868. The first kappa shape index (κ1) is 15.3. The lowest BCUT2D eigenvalue weighted by Crippen LogP contribution is -2.35. The van der Waals surface area contributed by atoms with E-state index in [0.717, 1.165) is 5.56 Å². The first-order valence-electron chi connectivity index (χ1n) is 7.61. The Morgan fingerprint density at radius 3 is 2.60 bits per heavy atom. The van der Waals surface area contributed by atoms with E-state index in [1.807, 2.05) is 6.07 Å². The Morgan fingerprint density at radius 1 is 1.25 bits per heavy atom. The molecule has 0 amide bonds. The van der Waals surface area contributed by atoms with Crippen LogP contribution >= 0.6 is 0 Å². The number of benzene rings is 1. The molecule has 1 aliphatic carbocycles. The van der Waals surface area contributed by atoms with Crippen LogP contribution in [0.1, 0.15) is 52.0 Å². The van der Waals surface area contributed by atoms with E-state index in [9.17, 15) is 4.39 Å². The van der Waals surface area contributed by atoms with Crippen molar-refractivity contribution in [1.82, 2.24) is 5.32 Å². The Balaban J connectivity index is 2.01. The number of halogens is 1. The molecule has 0 saturated heterocycles. The molecule has 112 valence electrons. The van der Waals surface area contributed by atoms with E-state index >= 15 is 0 Å². The van der Waals surface area contributed by atoms with Gasteiger partial charge < -0.3 is 10.1 Å². The van der Waals surface area contributed by atoms with Crippen molar-refractivity contribution >= 4 is 0 Å². The summed E-state index contributed by atoms with van der Waals surface area (Å²) in [5.74, 6) is 0.769. The zero-order chi connectivity index (χ0) is 14.6. The van der Waals surface area contributed by atoms with E-state index in [-0.39, 0.29) is 11.4 Å². The van der Waals surface area contributed by atoms with Crippen molar-refractivity contribution in [1.29, 1.82) is 0 Å². The highest BCUT2D eigenvalue weighted by Crippen LogP contribution is 2.28. The fourth-order valence-corrected chi connectivity index (χ4v) is 2.59. The second-order valence-electron chi connectivity index (χ2n) is 6.79. The zero-order valence-corrected chi connectivity index (χ0v) is 12.8. The van der Waals surface area contributed by atoms with Crippen molar-refractivity contribution < 1.29 is 9.13 Å². The van der Waals surface area contributed by atoms with Gasteiger partial charge in [-0.15, -0.1) is 0 Å². The minimum atomic E-state index is -0.254. The Kier molecular flexibility index (Phi) is 5.03. The van der Waals surface area contributed by atoms with E-state index in [0.29, 0.717) is 24.8 Å². The van der Waals surface area contributed by atoms with Crippen LogP contribution in [-0.4, -0.2) is 12.1 Å². The normalized spacial score (nSPS) is 16.6. The van der Waals surface area contributed by atoms with Gasteiger partial charge in [-0.05, 0) is 45.6 Å². The molecular weight excluding hydrogens is 253 g/mol. The fraction of sp³-hybridized carbons (Fsp3) is 0.647. The summed E-state index contributed by atoms with van der Waals surface area (Å²) in [5, 5.41) is 3.39. The number of hydrogen-bond acceptors (Lipinski definition) is 2. The molecule has 0 unspecified atom stereocenters. The molecule has 2 rings (SSSR count). The van der Waals surface area contributed by atoms with Gasteiger partial charge in [-0.25, -0.2) is 4.39 Å². The second kappa shape index (κ2) is 6.57. The topological polar surface area (TPSA) is 21.3 Å². The summed E-state index contributed by atoms with van der Waals surface area (Å²) in [6.45, 7) is 7.58. The molecule has 1 aliphatic rings. The summed E-state index contributed by atoms with van der Waals surface area (Å²) in [7, 11) is 0. The lowest BCUT2D eigenvalue weighted by Gasteiger charge is -2.22. The van der Waals surface area contributed by atoms with Gasteiger partial charge in [0.2, 0.25) is 0 Å². The predicted octanol–water partition coefficient (Wildman–Crippen LogP) is 4.28. The number of rotatable bonds is 5. The Hall–Kier alpha value is -1.09. The maximum atomic E-state index is 14.0. The van der Waals surface area contributed by atoms with Crippen molar-refractivity contribution in [3.63, 3.8) is 0 Å². The van der Waals surface area contributed by atoms with Crippen LogP contribution in [0.2, 0.25) is 0 Å². The highest BCUT2D eigenvalue weighted by Gasteiger charge is 2.18. The van der Waals surface area contributed by atoms with Crippen LogP contribution in [0.5, 0.6) is 5.75 Å². The minimum Gasteiger partial charge on any atom is -0.490 e. The second-order valence-corrected chi connectivity index (χ2v) is 6.79. The van der Waals surface area contributed by atoms with Crippen molar-refractivity contribution in [3.8, 4) is 5.75 Å². The first-order valence-corrected chi connectivity index (χ1v) is 7.61. The van der Waals surface area contributed by atoms with E-state index in [1.165, 1.54) is 31.7 Å². The zero-order valence-electron chi connectivity index (χ0n) is 12.8. The first-order chi connectivity index (χ1) is 9.46. The molecule has 1 aromatic carbocycles. The highest BCUT2D eigenvalue weighted by atomic mass is 19.1. The predicted molar refractivity (Wildman–Crippen MR) is 80.4 cm³/mol. The summed E-state index contributed by atoms with van der Waals surface area (Å²) in [4.78, 5) is 0. The summed E-state index contributed by atoms with van der Waals surface area (Å²) in [6.07, 6.45) is 4.99. The average Bonchev–Trinajstić information content (AvgIpc) is 2.87. The standard InChI is InChI=1S/C17H26FNO/c1-17(2,3)19-11-14-9-6-10-15(18)16(14)20-12-13-7-4-5-8-13/h6,9-10,13,19H,4-5,7-8,11-12H2,1-3H3. The van der Waals surface area contributed by atoms with Gasteiger partial charge in [0.25, 0.3) is 0 Å². The minimum absolute atomic E-state index is 0.00897. The molecule has 0 bridgehead atoms. The van der Waals surface area contributed by atoms with E-state index in [1.54, 1.807) is 6.07 Å². The Labute approximate surface area is 121 Å². The molecule has 1 N–H and O–H groups in total. The van der Waals surface area contributed by atoms with Gasteiger partial charge in [-0.3, -0.25) is 0 Å². The molecule has 0 aliphatic heterocycles. The van der Waals surface area contributed by atoms with Crippen LogP contribution in [-0.2, 0) is 6.54 Å². The number of nitrogens with one attached hydrogen (secondary N) is 1. The SMILES string of the molecule is CC(C)(C)NCc1cccc(F)c1OCC1CCCC1. The number of para-hydroxylation sites is 1. The van der Waals surface area contributed by atoms with Gasteiger partial charge in [0.1, 0.15) is 0 Å². The van der Waals surface area contributed by atoms with Crippen molar-refractivity contribution in [3.05, 3.63) is 29.6 Å². The van der Waals surface area contributed by atoms with Gasteiger partial charge in [-0.1, -0.05) is 25.0 Å². The van der Waals surface area contributed by atoms with Crippen LogP contribution in [0.25, 0.3) is 0 Å². The van der Waals surface area contributed by atoms with Crippen LogP contribution in [0, 0.1) is 11.7 Å². The Morgan fingerprint density at radius 2 is 1.95 bits per heavy atom. The molecule has 0 aromatic heterocycles. The third-order valence-electron chi connectivity index (χ3n) is 3.80. The van der Waals surface area contributed by atoms with E-state index in [4.69, 9.17) is 4.74 Å². The summed E-state index contributed by atoms with van der Waals surface area (Å²) < 4.78 is 19.8. The Bertz CT molecular complexity index is 433. The van der Waals surface area contributed by atoms with Gasteiger partial charge >= 0.3 is 0 Å². The van der Waals surface area contributed by atoms with Gasteiger partial charge in [0.05, 0.1) is 6.61 Å². The lowest BCUT2D eigenvalue weighted by molar-refractivity contribution is 0.238. The third kappa shape index (κ3) is 4.48. The molecule has 1 aromatic rings. The number of hydrogen-bond donors (Lipinski definition) is 1. The smallest absolute Gasteiger partial charge is 0.165 e. The van der Waals surface area contributed by atoms with E-state index < -0.39 is 0 Å².